The van der Waals surface area contributed by atoms with E-state index >= 15 is 0 Å². The molecule has 0 fully saturated rings. The number of hydrogen-bond acceptors (Lipinski definition) is 4. The van der Waals surface area contributed by atoms with E-state index in [1.54, 1.807) is 19.1 Å². The van der Waals surface area contributed by atoms with Crippen molar-refractivity contribution in [3.8, 4) is 6.07 Å². The minimum atomic E-state index is -0.421. The molecule has 0 atom stereocenters. The summed E-state index contributed by atoms with van der Waals surface area (Å²) in [5, 5.41) is 8.72. The normalized spacial score (nSPS) is 9.56. The quantitative estimate of drug-likeness (QED) is 0.568. The third-order valence-corrected chi connectivity index (χ3v) is 2.49. The van der Waals surface area contributed by atoms with E-state index in [4.69, 9.17) is 10.00 Å². The fraction of sp³-hybridized carbons (Fsp3) is 0.357. The number of esters is 1. The highest BCUT2D eigenvalue weighted by Crippen LogP contribution is 2.15. The van der Waals surface area contributed by atoms with E-state index in [2.05, 4.69) is 0 Å². The van der Waals surface area contributed by atoms with Crippen molar-refractivity contribution in [2.45, 2.75) is 26.2 Å². The number of hydrogen-bond donors (Lipinski definition) is 0. The molecule has 1 rings (SSSR count). The van der Waals surface area contributed by atoms with Crippen LogP contribution in [0.5, 0.6) is 0 Å². The predicted octanol–water partition coefficient (Wildman–Crippen LogP) is 2.06. The van der Waals surface area contributed by atoms with Crippen LogP contribution in [0.15, 0.2) is 18.2 Å². The molecule has 0 heterocycles. The van der Waals surface area contributed by atoms with Crippen LogP contribution in [0.2, 0.25) is 0 Å². The van der Waals surface area contributed by atoms with Crippen LogP contribution in [0.3, 0.4) is 0 Å². The van der Waals surface area contributed by atoms with Gasteiger partial charge in [-0.05, 0) is 30.5 Å². The van der Waals surface area contributed by atoms with E-state index in [0.29, 0.717) is 30.6 Å². The fourth-order valence-corrected chi connectivity index (χ4v) is 1.64. The lowest BCUT2D eigenvalue weighted by atomic mass is 10.00. The zero-order valence-corrected chi connectivity index (χ0v) is 10.3. The summed E-state index contributed by atoms with van der Waals surface area (Å²) >= 11 is 0. The van der Waals surface area contributed by atoms with Gasteiger partial charge in [0.15, 0.2) is 0 Å². The molecule has 0 aliphatic rings. The molecule has 0 amide bonds. The van der Waals surface area contributed by atoms with Crippen molar-refractivity contribution in [1.82, 2.24) is 0 Å². The molecule has 0 bridgehead atoms. The van der Waals surface area contributed by atoms with Crippen LogP contribution in [0.25, 0.3) is 0 Å². The first-order valence-corrected chi connectivity index (χ1v) is 5.82. The van der Waals surface area contributed by atoms with E-state index in [1.807, 2.05) is 12.1 Å². The second-order valence-electron chi connectivity index (χ2n) is 3.75. The molecule has 0 saturated carbocycles. The van der Waals surface area contributed by atoms with Gasteiger partial charge < -0.3 is 9.53 Å². The van der Waals surface area contributed by atoms with Crippen molar-refractivity contribution in [2.75, 3.05) is 6.61 Å². The Labute approximate surface area is 106 Å². The lowest BCUT2D eigenvalue weighted by Crippen LogP contribution is -2.09. The van der Waals surface area contributed by atoms with Crippen LogP contribution in [-0.2, 0) is 22.4 Å². The van der Waals surface area contributed by atoms with Crippen LogP contribution < -0.4 is 0 Å². The van der Waals surface area contributed by atoms with Crippen molar-refractivity contribution in [3.63, 3.8) is 0 Å². The minimum absolute atomic E-state index is 0.169. The zero-order valence-electron chi connectivity index (χ0n) is 10.3. The second-order valence-corrected chi connectivity index (χ2v) is 3.75. The molecule has 18 heavy (non-hydrogen) atoms. The van der Waals surface area contributed by atoms with E-state index in [-0.39, 0.29) is 6.42 Å². The van der Waals surface area contributed by atoms with Crippen molar-refractivity contribution in [2.24, 2.45) is 0 Å². The lowest BCUT2D eigenvalue weighted by Gasteiger charge is -2.08. The van der Waals surface area contributed by atoms with Crippen LogP contribution in [0, 0.1) is 11.3 Å². The van der Waals surface area contributed by atoms with E-state index in [0.717, 1.165) is 11.8 Å². The Hall–Kier alpha value is -2.15. The Morgan fingerprint density at radius 1 is 1.50 bits per heavy atom. The number of benzene rings is 1. The molecule has 1 aromatic rings. The van der Waals surface area contributed by atoms with Gasteiger partial charge in [0.05, 0.1) is 24.7 Å². The molecule has 0 unspecified atom stereocenters. The Morgan fingerprint density at radius 2 is 2.28 bits per heavy atom. The number of aldehydes is 1. The zero-order chi connectivity index (χ0) is 13.4. The van der Waals surface area contributed by atoms with Gasteiger partial charge in [0.1, 0.15) is 6.29 Å². The van der Waals surface area contributed by atoms with Gasteiger partial charge in [0.25, 0.3) is 0 Å². The number of aryl methyl sites for hydroxylation is 1. The highest BCUT2D eigenvalue weighted by molar-refractivity contribution is 5.91. The molecular formula is C14H15NO3. The molecule has 0 aliphatic carbocycles. The van der Waals surface area contributed by atoms with E-state index in [1.165, 1.54) is 0 Å². The maximum Gasteiger partial charge on any atom is 0.338 e. The average Bonchev–Trinajstić information content (AvgIpc) is 2.38. The van der Waals surface area contributed by atoms with Gasteiger partial charge in [-0.15, -0.1) is 0 Å². The molecule has 0 N–H and O–H groups in total. The number of ether oxygens (including phenoxy) is 1. The number of nitrogens with zero attached hydrogens (tertiary/aromatic N) is 1. The first-order valence-electron chi connectivity index (χ1n) is 5.82. The van der Waals surface area contributed by atoms with E-state index < -0.39 is 5.97 Å². The number of nitriles is 1. The third-order valence-electron chi connectivity index (χ3n) is 2.49. The molecule has 94 valence electrons. The summed E-state index contributed by atoms with van der Waals surface area (Å²) in [7, 11) is 0. The van der Waals surface area contributed by atoms with Gasteiger partial charge in [-0.25, -0.2) is 4.79 Å². The Kier molecular flexibility index (Phi) is 5.59. The summed E-state index contributed by atoms with van der Waals surface area (Å²) in [4.78, 5) is 22.1. The highest BCUT2D eigenvalue weighted by atomic mass is 16.5. The van der Waals surface area contributed by atoms with Crippen LogP contribution >= 0.6 is 0 Å². The van der Waals surface area contributed by atoms with Gasteiger partial charge in [-0.2, -0.15) is 5.26 Å². The maximum atomic E-state index is 11.8. The SMILES string of the molecule is CCOC(=O)c1cc(CCC=O)ccc1CC#N. The third kappa shape index (κ3) is 3.70. The number of carbonyl (C=O) groups is 2. The molecule has 0 saturated heterocycles. The molecule has 4 heteroatoms. The monoisotopic (exact) mass is 245 g/mol. The standard InChI is InChI=1S/C14H15NO3/c1-2-18-14(17)13-10-11(4-3-9-16)5-6-12(13)7-8-15/h5-6,9-10H,2-4,7H2,1H3. The lowest BCUT2D eigenvalue weighted by molar-refractivity contribution is -0.107. The second kappa shape index (κ2) is 7.23. The fourth-order valence-electron chi connectivity index (χ4n) is 1.64. The molecule has 0 radical (unpaired) electrons. The summed E-state index contributed by atoms with van der Waals surface area (Å²) in [6.45, 7) is 2.03. The van der Waals surface area contributed by atoms with Crippen molar-refractivity contribution in [1.29, 1.82) is 5.26 Å². The van der Waals surface area contributed by atoms with Crippen molar-refractivity contribution < 1.29 is 14.3 Å². The molecular weight excluding hydrogens is 230 g/mol. The molecule has 4 nitrogen and oxygen atoms in total. The minimum Gasteiger partial charge on any atom is -0.462 e. The van der Waals surface area contributed by atoms with Crippen LogP contribution in [0.4, 0.5) is 0 Å². The number of rotatable bonds is 6. The summed E-state index contributed by atoms with van der Waals surface area (Å²) in [5.74, 6) is -0.421. The van der Waals surface area contributed by atoms with Gasteiger partial charge in [-0.3, -0.25) is 0 Å². The predicted molar refractivity (Wildman–Crippen MR) is 66.1 cm³/mol. The van der Waals surface area contributed by atoms with Crippen LogP contribution in [0.1, 0.15) is 34.8 Å². The average molecular weight is 245 g/mol. The molecule has 0 spiro atoms. The van der Waals surface area contributed by atoms with Gasteiger partial charge in [0.2, 0.25) is 0 Å². The van der Waals surface area contributed by atoms with Crippen molar-refractivity contribution in [3.05, 3.63) is 34.9 Å². The smallest absolute Gasteiger partial charge is 0.338 e. The first-order chi connectivity index (χ1) is 8.72. The largest absolute Gasteiger partial charge is 0.462 e. The van der Waals surface area contributed by atoms with Crippen LogP contribution in [-0.4, -0.2) is 18.9 Å². The Morgan fingerprint density at radius 3 is 2.89 bits per heavy atom. The van der Waals surface area contributed by atoms with Crippen molar-refractivity contribution >= 4 is 12.3 Å². The van der Waals surface area contributed by atoms with Gasteiger partial charge in [0, 0.05) is 6.42 Å². The van der Waals surface area contributed by atoms with E-state index in [9.17, 15) is 9.59 Å². The Bertz CT molecular complexity index is 474. The Balaban J connectivity index is 3.03. The van der Waals surface area contributed by atoms with Gasteiger partial charge >= 0.3 is 5.97 Å². The topological polar surface area (TPSA) is 67.2 Å². The number of carbonyl (C=O) groups excluding carboxylic acids is 2. The summed E-state index contributed by atoms with van der Waals surface area (Å²) in [5.41, 5.74) is 1.97. The summed E-state index contributed by atoms with van der Waals surface area (Å²) < 4.78 is 4.96. The molecule has 0 aromatic heterocycles. The molecule has 0 aliphatic heterocycles. The maximum absolute atomic E-state index is 11.8. The highest BCUT2D eigenvalue weighted by Gasteiger charge is 2.13. The first kappa shape index (κ1) is 13.9. The van der Waals surface area contributed by atoms with Gasteiger partial charge in [-0.1, -0.05) is 12.1 Å². The summed E-state index contributed by atoms with van der Waals surface area (Å²) in [6, 6.07) is 7.30. The molecule has 1 aromatic carbocycles. The summed E-state index contributed by atoms with van der Waals surface area (Å²) in [6.07, 6.45) is 2.01.